The summed E-state index contributed by atoms with van der Waals surface area (Å²) in [6, 6.07) is 2.96. The van der Waals surface area contributed by atoms with Gasteiger partial charge in [0.1, 0.15) is 12.1 Å². The van der Waals surface area contributed by atoms with Crippen molar-refractivity contribution in [2.75, 3.05) is 0 Å². The van der Waals surface area contributed by atoms with Gasteiger partial charge in [0, 0.05) is 36.0 Å². The number of nitrogens with zero attached hydrogens (tertiary/aromatic N) is 4. The normalized spacial score (nSPS) is 13.8. The Bertz CT molecular complexity index is 1020. The quantitative estimate of drug-likeness (QED) is 0.709. The number of rotatable bonds is 5. The van der Waals surface area contributed by atoms with Crippen LogP contribution in [-0.2, 0) is 25.6 Å². The Morgan fingerprint density at radius 1 is 1.44 bits per heavy atom. The van der Waals surface area contributed by atoms with Gasteiger partial charge in [0.25, 0.3) is 5.56 Å². The van der Waals surface area contributed by atoms with Gasteiger partial charge < -0.3 is 14.2 Å². The average Bonchev–Trinajstić information content (AvgIpc) is 3.17. The van der Waals surface area contributed by atoms with Gasteiger partial charge in [-0.05, 0) is 13.0 Å². The highest BCUT2D eigenvalue weighted by atomic mass is 35.5. The number of aromatic nitrogens is 4. The van der Waals surface area contributed by atoms with Crippen LogP contribution >= 0.6 is 22.9 Å². The van der Waals surface area contributed by atoms with Gasteiger partial charge in [-0.15, -0.1) is 11.3 Å². The minimum atomic E-state index is -1.21. The molecule has 0 fully saturated rings. The van der Waals surface area contributed by atoms with E-state index in [0.717, 1.165) is 4.57 Å². The van der Waals surface area contributed by atoms with Gasteiger partial charge in [0.15, 0.2) is 5.82 Å². The van der Waals surface area contributed by atoms with E-state index in [-0.39, 0.29) is 24.7 Å². The maximum Gasteiger partial charge on any atom is 0.331 e. The lowest BCUT2D eigenvalue weighted by atomic mass is 10.0. The molecule has 1 N–H and O–H groups in total. The molecule has 0 bridgehead atoms. The first-order valence-corrected chi connectivity index (χ1v) is 8.57. The maximum atomic E-state index is 12.0. The summed E-state index contributed by atoms with van der Waals surface area (Å²) >= 11 is 7.22. The third kappa shape index (κ3) is 3.73. The van der Waals surface area contributed by atoms with Crippen LogP contribution in [0, 0.1) is 0 Å². The zero-order valence-corrected chi connectivity index (χ0v) is 15.0. The van der Waals surface area contributed by atoms with Crippen molar-refractivity contribution in [1.29, 1.82) is 0 Å². The average molecular weight is 383 g/mol. The van der Waals surface area contributed by atoms with Crippen LogP contribution in [0.1, 0.15) is 23.5 Å². The van der Waals surface area contributed by atoms with E-state index in [0.29, 0.717) is 9.90 Å². The Hall–Kier alpha value is -2.23. The smallest absolute Gasteiger partial charge is 0.331 e. The van der Waals surface area contributed by atoms with E-state index >= 15 is 0 Å². The predicted molar refractivity (Wildman–Crippen MR) is 91.9 cm³/mol. The lowest BCUT2D eigenvalue weighted by Gasteiger charge is -2.19. The summed E-state index contributed by atoms with van der Waals surface area (Å²) in [5, 5.41) is 16.7. The molecule has 25 heavy (non-hydrogen) atoms. The molecule has 10 heteroatoms. The standard InChI is InChI=1S/C15H15ClN4O4S/c1-15(23,10-5-9(16)8-25-10)6-11-17-12(24-18-11)7-20-13(21)3-4-19(2)14(20)22/h3-5,8,23H,6-7H2,1-2H3/t15-/m1/s1. The fourth-order valence-electron chi connectivity index (χ4n) is 2.31. The van der Waals surface area contributed by atoms with Crippen LogP contribution in [0.25, 0.3) is 0 Å². The summed E-state index contributed by atoms with van der Waals surface area (Å²) in [5.41, 5.74) is -2.14. The van der Waals surface area contributed by atoms with Crippen molar-refractivity contribution in [2.45, 2.75) is 25.5 Å². The van der Waals surface area contributed by atoms with Crippen molar-refractivity contribution in [2.24, 2.45) is 7.05 Å². The fourth-order valence-corrected chi connectivity index (χ4v) is 3.45. The van der Waals surface area contributed by atoms with E-state index in [4.69, 9.17) is 16.1 Å². The molecule has 3 heterocycles. The minimum Gasteiger partial charge on any atom is -0.384 e. The van der Waals surface area contributed by atoms with Crippen LogP contribution in [0.3, 0.4) is 0 Å². The molecule has 132 valence electrons. The number of hydrogen-bond donors (Lipinski definition) is 1. The summed E-state index contributed by atoms with van der Waals surface area (Å²) in [7, 11) is 1.54. The molecule has 8 nitrogen and oxygen atoms in total. The van der Waals surface area contributed by atoms with Crippen molar-refractivity contribution in [3.05, 3.63) is 66.2 Å². The lowest BCUT2D eigenvalue weighted by molar-refractivity contribution is 0.0587. The van der Waals surface area contributed by atoms with Gasteiger partial charge in [-0.25, -0.2) is 4.79 Å². The van der Waals surface area contributed by atoms with Crippen LogP contribution in [0.4, 0.5) is 0 Å². The van der Waals surface area contributed by atoms with Crippen molar-refractivity contribution in [3.63, 3.8) is 0 Å². The first-order chi connectivity index (χ1) is 11.8. The van der Waals surface area contributed by atoms with Crippen LogP contribution in [0.5, 0.6) is 0 Å². The predicted octanol–water partition coefficient (Wildman–Crippen LogP) is 1.14. The SMILES string of the molecule is Cn1ccc(=O)n(Cc2nc(C[C@@](C)(O)c3cc(Cl)cs3)no2)c1=O. The molecule has 0 aliphatic rings. The van der Waals surface area contributed by atoms with Gasteiger partial charge in [0.05, 0.1) is 5.02 Å². The summed E-state index contributed by atoms with van der Waals surface area (Å²) in [4.78, 5) is 28.7. The molecule has 0 spiro atoms. The maximum absolute atomic E-state index is 12.0. The van der Waals surface area contributed by atoms with E-state index in [2.05, 4.69) is 10.1 Å². The Labute approximate surface area is 150 Å². The zero-order chi connectivity index (χ0) is 18.2. The van der Waals surface area contributed by atoms with E-state index in [1.54, 1.807) is 25.4 Å². The zero-order valence-electron chi connectivity index (χ0n) is 13.5. The molecule has 0 saturated carbocycles. The third-order valence-electron chi connectivity index (χ3n) is 3.64. The van der Waals surface area contributed by atoms with E-state index in [1.807, 2.05) is 0 Å². The van der Waals surface area contributed by atoms with Crippen LogP contribution in [0.2, 0.25) is 5.02 Å². The van der Waals surface area contributed by atoms with Gasteiger partial charge in [-0.1, -0.05) is 16.8 Å². The van der Waals surface area contributed by atoms with E-state index < -0.39 is 16.9 Å². The van der Waals surface area contributed by atoms with Crippen molar-refractivity contribution >= 4 is 22.9 Å². The Morgan fingerprint density at radius 3 is 2.88 bits per heavy atom. The molecular weight excluding hydrogens is 368 g/mol. The summed E-state index contributed by atoms with van der Waals surface area (Å²) in [6.45, 7) is 1.49. The second-order valence-electron chi connectivity index (χ2n) is 5.82. The Morgan fingerprint density at radius 2 is 2.20 bits per heavy atom. The van der Waals surface area contributed by atoms with Crippen molar-refractivity contribution in [3.8, 4) is 0 Å². The van der Waals surface area contributed by atoms with Crippen molar-refractivity contribution in [1.82, 2.24) is 19.3 Å². The molecule has 3 rings (SSSR count). The minimum absolute atomic E-state index is 0.106. The lowest BCUT2D eigenvalue weighted by Crippen LogP contribution is -2.38. The molecule has 0 aromatic carbocycles. The molecule has 3 aromatic rings. The molecule has 0 saturated heterocycles. The van der Waals surface area contributed by atoms with Crippen LogP contribution in [0.15, 0.2) is 37.8 Å². The molecule has 0 amide bonds. The first-order valence-electron chi connectivity index (χ1n) is 7.31. The monoisotopic (exact) mass is 382 g/mol. The number of thiophene rings is 1. The van der Waals surface area contributed by atoms with E-state index in [9.17, 15) is 14.7 Å². The Balaban J connectivity index is 1.81. The van der Waals surface area contributed by atoms with E-state index in [1.165, 1.54) is 28.2 Å². The van der Waals surface area contributed by atoms with Gasteiger partial charge in [-0.2, -0.15) is 4.98 Å². The molecule has 0 aliphatic heterocycles. The first kappa shape index (κ1) is 17.6. The van der Waals surface area contributed by atoms with Gasteiger partial charge in [-0.3, -0.25) is 9.36 Å². The number of halogens is 1. The molecule has 0 unspecified atom stereocenters. The Kier molecular flexibility index (Phi) is 4.63. The second kappa shape index (κ2) is 6.58. The molecule has 0 aliphatic carbocycles. The molecule has 0 radical (unpaired) electrons. The van der Waals surface area contributed by atoms with Gasteiger partial charge >= 0.3 is 5.69 Å². The highest BCUT2D eigenvalue weighted by molar-refractivity contribution is 7.10. The van der Waals surface area contributed by atoms with Crippen LogP contribution < -0.4 is 11.2 Å². The second-order valence-corrected chi connectivity index (χ2v) is 7.17. The number of aliphatic hydroxyl groups is 1. The number of hydrogen-bond acceptors (Lipinski definition) is 7. The highest BCUT2D eigenvalue weighted by Crippen LogP contribution is 2.31. The molecule has 1 atom stereocenters. The summed E-state index contributed by atoms with van der Waals surface area (Å²) < 4.78 is 7.38. The van der Waals surface area contributed by atoms with Gasteiger partial charge in [0.2, 0.25) is 5.89 Å². The fraction of sp³-hybridized carbons (Fsp3) is 0.333. The molecule has 3 aromatic heterocycles. The summed E-state index contributed by atoms with van der Waals surface area (Å²) in [5.74, 6) is 0.380. The van der Waals surface area contributed by atoms with Crippen LogP contribution in [-0.4, -0.2) is 24.4 Å². The highest BCUT2D eigenvalue weighted by Gasteiger charge is 2.28. The number of aryl methyl sites for hydroxylation is 1. The summed E-state index contributed by atoms with van der Waals surface area (Å²) in [6.07, 6.45) is 1.50. The van der Waals surface area contributed by atoms with Crippen molar-refractivity contribution < 1.29 is 9.63 Å². The topological polar surface area (TPSA) is 103 Å². The molecular formula is C15H15ClN4O4S. The third-order valence-corrected chi connectivity index (χ3v) is 5.17. The largest absolute Gasteiger partial charge is 0.384 e.